The summed E-state index contributed by atoms with van der Waals surface area (Å²) in [5, 5.41) is 11.9. The molecule has 1 heterocycles. The van der Waals surface area contributed by atoms with Crippen molar-refractivity contribution in [3.63, 3.8) is 0 Å². The van der Waals surface area contributed by atoms with Gasteiger partial charge in [0.2, 0.25) is 5.91 Å². The zero-order valence-corrected chi connectivity index (χ0v) is 11.9. The Morgan fingerprint density at radius 3 is 2.23 bits per heavy atom. The number of nitrogens with one attached hydrogen (secondary N) is 1. The van der Waals surface area contributed by atoms with Crippen LogP contribution in [0.15, 0.2) is 54.6 Å². The van der Waals surface area contributed by atoms with E-state index in [4.69, 9.17) is 0 Å². The third-order valence-electron chi connectivity index (χ3n) is 3.76. The number of rotatable bonds is 4. The van der Waals surface area contributed by atoms with Gasteiger partial charge in [0.15, 0.2) is 0 Å². The highest BCUT2D eigenvalue weighted by Crippen LogP contribution is 2.21. The second-order valence-electron chi connectivity index (χ2n) is 5.24. The molecule has 0 aromatic heterocycles. The average Bonchev–Trinajstić information content (AvgIpc) is 2.52. The van der Waals surface area contributed by atoms with Gasteiger partial charge < -0.3 is 10.4 Å². The molecule has 1 aliphatic heterocycles. The highest BCUT2D eigenvalue weighted by Gasteiger charge is 2.37. The zero-order chi connectivity index (χ0) is 15.5. The van der Waals surface area contributed by atoms with Crippen molar-refractivity contribution in [3.8, 4) is 0 Å². The molecule has 1 saturated heterocycles. The van der Waals surface area contributed by atoms with Gasteiger partial charge in [-0.2, -0.15) is 0 Å². The molecule has 5 nitrogen and oxygen atoms in total. The van der Waals surface area contributed by atoms with E-state index in [1.807, 2.05) is 30.3 Å². The standard InChI is InChI=1S/C17H16N2O3/c20-16-15(11-18-16)19(17(21)22)14-8-6-13(7-9-14)10-12-4-2-1-3-5-12/h1-9,15H,10-11H2,(H,18,20)(H,21,22). The number of hydrogen-bond donors (Lipinski definition) is 2. The minimum atomic E-state index is -1.12. The predicted octanol–water partition coefficient (Wildman–Crippen LogP) is 2.26. The van der Waals surface area contributed by atoms with Gasteiger partial charge in [0.05, 0.1) is 0 Å². The number of β-lactam (4-membered cyclic amide) rings is 1. The van der Waals surface area contributed by atoms with Gasteiger partial charge in [-0.15, -0.1) is 0 Å². The summed E-state index contributed by atoms with van der Waals surface area (Å²) in [4.78, 5) is 24.0. The van der Waals surface area contributed by atoms with Crippen molar-refractivity contribution in [2.75, 3.05) is 11.4 Å². The first-order valence-electron chi connectivity index (χ1n) is 7.08. The van der Waals surface area contributed by atoms with Crippen LogP contribution in [0.25, 0.3) is 0 Å². The monoisotopic (exact) mass is 296 g/mol. The van der Waals surface area contributed by atoms with Crippen molar-refractivity contribution in [1.82, 2.24) is 5.32 Å². The molecule has 2 aromatic rings. The van der Waals surface area contributed by atoms with E-state index in [1.54, 1.807) is 12.1 Å². The fourth-order valence-electron chi connectivity index (χ4n) is 2.51. The molecule has 1 fully saturated rings. The van der Waals surface area contributed by atoms with E-state index in [0.29, 0.717) is 12.2 Å². The Kier molecular flexibility index (Phi) is 3.78. The highest BCUT2D eigenvalue weighted by atomic mass is 16.4. The number of amides is 2. The summed E-state index contributed by atoms with van der Waals surface area (Å²) in [6.07, 6.45) is -0.325. The van der Waals surface area contributed by atoms with Crippen molar-refractivity contribution in [3.05, 3.63) is 65.7 Å². The van der Waals surface area contributed by atoms with Crippen LogP contribution in [0.3, 0.4) is 0 Å². The van der Waals surface area contributed by atoms with E-state index in [1.165, 1.54) is 5.56 Å². The summed E-state index contributed by atoms with van der Waals surface area (Å²) in [5.74, 6) is -0.254. The first-order valence-corrected chi connectivity index (χ1v) is 7.08. The molecule has 3 rings (SSSR count). The minimum Gasteiger partial charge on any atom is -0.465 e. The largest absolute Gasteiger partial charge is 0.465 e. The predicted molar refractivity (Wildman–Crippen MR) is 83.0 cm³/mol. The van der Waals surface area contributed by atoms with E-state index in [2.05, 4.69) is 17.4 Å². The molecule has 1 unspecified atom stereocenters. The lowest BCUT2D eigenvalue weighted by atomic mass is 10.0. The zero-order valence-electron chi connectivity index (χ0n) is 11.9. The van der Waals surface area contributed by atoms with Crippen LogP contribution in [0.2, 0.25) is 0 Å². The second kappa shape index (κ2) is 5.89. The van der Waals surface area contributed by atoms with Crippen LogP contribution >= 0.6 is 0 Å². The van der Waals surface area contributed by atoms with Gasteiger partial charge >= 0.3 is 6.09 Å². The fourth-order valence-corrected chi connectivity index (χ4v) is 2.51. The molecule has 1 atom stereocenters. The van der Waals surface area contributed by atoms with E-state index in [9.17, 15) is 14.7 Å². The summed E-state index contributed by atoms with van der Waals surface area (Å²) >= 11 is 0. The van der Waals surface area contributed by atoms with E-state index in [-0.39, 0.29) is 5.91 Å². The number of carbonyl (C=O) groups is 2. The maximum absolute atomic E-state index is 11.4. The number of hydrogen-bond acceptors (Lipinski definition) is 2. The molecule has 5 heteroatoms. The summed E-state index contributed by atoms with van der Waals surface area (Å²) in [6, 6.07) is 16.7. The Morgan fingerprint density at radius 1 is 1.09 bits per heavy atom. The van der Waals surface area contributed by atoms with Gasteiger partial charge in [0, 0.05) is 12.2 Å². The van der Waals surface area contributed by atoms with Crippen LogP contribution in [0.1, 0.15) is 11.1 Å². The van der Waals surface area contributed by atoms with Gasteiger partial charge in [-0.1, -0.05) is 42.5 Å². The minimum absolute atomic E-state index is 0.254. The number of anilines is 1. The third-order valence-corrected chi connectivity index (χ3v) is 3.76. The number of carboxylic acid groups (broad SMARTS) is 1. The van der Waals surface area contributed by atoms with E-state index >= 15 is 0 Å². The summed E-state index contributed by atoms with van der Waals surface area (Å²) in [6.45, 7) is 0.358. The Balaban J connectivity index is 1.78. The topological polar surface area (TPSA) is 69.6 Å². The Labute approximate surface area is 128 Å². The molecule has 2 aromatic carbocycles. The molecular formula is C17H16N2O3. The lowest BCUT2D eigenvalue weighted by Gasteiger charge is -2.34. The molecule has 1 aliphatic rings. The first kappa shape index (κ1) is 14.1. The van der Waals surface area contributed by atoms with Crippen LogP contribution in [-0.2, 0) is 11.2 Å². The molecule has 0 aliphatic carbocycles. The van der Waals surface area contributed by atoms with Crippen molar-refractivity contribution >= 4 is 17.7 Å². The molecule has 0 spiro atoms. The lowest BCUT2D eigenvalue weighted by Crippen LogP contribution is -2.63. The van der Waals surface area contributed by atoms with Gasteiger partial charge in [0.1, 0.15) is 6.04 Å². The Bertz CT molecular complexity index is 683. The molecule has 0 radical (unpaired) electrons. The Hall–Kier alpha value is -2.82. The van der Waals surface area contributed by atoms with Crippen molar-refractivity contribution in [2.24, 2.45) is 0 Å². The van der Waals surface area contributed by atoms with Gasteiger partial charge in [-0.3, -0.25) is 9.69 Å². The average molecular weight is 296 g/mol. The third kappa shape index (κ3) is 2.79. The molecule has 0 saturated carbocycles. The van der Waals surface area contributed by atoms with Crippen LogP contribution in [-0.4, -0.2) is 29.7 Å². The van der Waals surface area contributed by atoms with Crippen LogP contribution in [0.4, 0.5) is 10.5 Å². The maximum atomic E-state index is 11.4. The summed E-state index contributed by atoms with van der Waals surface area (Å²) in [5.41, 5.74) is 2.81. The van der Waals surface area contributed by atoms with Crippen LogP contribution in [0, 0.1) is 0 Å². The molecular weight excluding hydrogens is 280 g/mol. The summed E-state index contributed by atoms with van der Waals surface area (Å²) in [7, 11) is 0. The summed E-state index contributed by atoms with van der Waals surface area (Å²) < 4.78 is 0. The molecule has 0 bridgehead atoms. The number of nitrogens with zero attached hydrogens (tertiary/aromatic N) is 1. The maximum Gasteiger partial charge on any atom is 0.412 e. The molecule has 2 N–H and O–H groups in total. The van der Waals surface area contributed by atoms with E-state index in [0.717, 1.165) is 16.9 Å². The SMILES string of the molecule is O=C1NCC1N(C(=O)O)c1ccc(Cc2ccccc2)cc1. The Morgan fingerprint density at radius 2 is 1.73 bits per heavy atom. The van der Waals surface area contributed by atoms with Crippen molar-refractivity contribution in [2.45, 2.75) is 12.5 Å². The molecule has 112 valence electrons. The van der Waals surface area contributed by atoms with Crippen molar-refractivity contribution < 1.29 is 14.7 Å². The fraction of sp³-hybridized carbons (Fsp3) is 0.176. The van der Waals surface area contributed by atoms with Crippen LogP contribution < -0.4 is 10.2 Å². The van der Waals surface area contributed by atoms with E-state index < -0.39 is 12.1 Å². The highest BCUT2D eigenvalue weighted by molar-refractivity contribution is 6.00. The number of carbonyl (C=O) groups excluding carboxylic acids is 1. The normalized spacial score (nSPS) is 16.5. The molecule has 2 amide bonds. The lowest BCUT2D eigenvalue weighted by molar-refractivity contribution is -0.127. The smallest absolute Gasteiger partial charge is 0.412 e. The first-order chi connectivity index (χ1) is 10.6. The van der Waals surface area contributed by atoms with Gasteiger partial charge in [-0.25, -0.2) is 4.79 Å². The van der Waals surface area contributed by atoms with Crippen molar-refractivity contribution in [1.29, 1.82) is 0 Å². The molecule has 22 heavy (non-hydrogen) atoms. The number of benzene rings is 2. The second-order valence-corrected chi connectivity index (χ2v) is 5.24. The van der Waals surface area contributed by atoms with Gasteiger partial charge in [0.25, 0.3) is 0 Å². The quantitative estimate of drug-likeness (QED) is 0.850. The van der Waals surface area contributed by atoms with Crippen LogP contribution in [0.5, 0.6) is 0 Å². The van der Waals surface area contributed by atoms with Gasteiger partial charge in [-0.05, 0) is 29.7 Å².